The molecule has 9 nitrogen and oxygen atoms in total. The Morgan fingerprint density at radius 3 is 2.10 bits per heavy atom. The standard InChI is InChI=1S/C31H33NO8/c1-18(33)39-28-25(29(34)32(2)3)26(19-10-8-7-9-11-19)31(20-12-14-21(36-4)15-13-20)30(28,35)27-23(38-6)16-22(37-5)17-24(27)40-31/h7-17,25-26,28,35H,1-6H3/t25-,26-,28+,30+,31+/m1/s1. The highest BCUT2D eigenvalue weighted by molar-refractivity contribution is 5.83. The summed E-state index contributed by atoms with van der Waals surface area (Å²) in [6.07, 6.45) is -1.34. The first kappa shape index (κ1) is 27.3. The summed E-state index contributed by atoms with van der Waals surface area (Å²) in [5.74, 6) is -1.17. The molecule has 3 aromatic rings. The van der Waals surface area contributed by atoms with Crippen molar-refractivity contribution >= 4 is 11.9 Å². The van der Waals surface area contributed by atoms with E-state index in [4.69, 9.17) is 23.7 Å². The number of aliphatic hydroxyl groups is 1. The van der Waals surface area contributed by atoms with E-state index >= 15 is 0 Å². The highest BCUT2D eigenvalue weighted by Crippen LogP contribution is 2.71. The third-order valence-electron chi connectivity index (χ3n) is 7.94. The van der Waals surface area contributed by atoms with Crippen molar-refractivity contribution in [3.05, 3.63) is 83.4 Å². The highest BCUT2D eigenvalue weighted by Gasteiger charge is 2.79. The summed E-state index contributed by atoms with van der Waals surface area (Å²) in [6, 6.07) is 19.8. The van der Waals surface area contributed by atoms with Crippen LogP contribution in [-0.4, -0.2) is 63.4 Å². The van der Waals surface area contributed by atoms with Crippen LogP contribution in [0, 0.1) is 5.92 Å². The zero-order valence-electron chi connectivity index (χ0n) is 23.3. The van der Waals surface area contributed by atoms with Crippen LogP contribution in [0.4, 0.5) is 0 Å². The third-order valence-corrected chi connectivity index (χ3v) is 7.94. The summed E-state index contributed by atoms with van der Waals surface area (Å²) in [6.45, 7) is 1.26. The average molecular weight is 548 g/mol. The van der Waals surface area contributed by atoms with E-state index in [2.05, 4.69) is 0 Å². The van der Waals surface area contributed by atoms with E-state index in [9.17, 15) is 14.7 Å². The summed E-state index contributed by atoms with van der Waals surface area (Å²) in [5, 5.41) is 13.2. The molecule has 2 aliphatic rings. The van der Waals surface area contributed by atoms with Crippen LogP contribution in [0.25, 0.3) is 0 Å². The number of methoxy groups -OCH3 is 3. The maximum Gasteiger partial charge on any atom is 0.303 e. The molecule has 1 aliphatic carbocycles. The Morgan fingerprint density at radius 2 is 1.55 bits per heavy atom. The molecule has 0 radical (unpaired) electrons. The molecule has 1 fully saturated rings. The second-order valence-electron chi connectivity index (χ2n) is 10.2. The number of amides is 1. The molecule has 210 valence electrons. The number of esters is 1. The van der Waals surface area contributed by atoms with E-state index in [1.54, 1.807) is 57.6 Å². The lowest BCUT2D eigenvalue weighted by Gasteiger charge is -2.41. The van der Waals surface area contributed by atoms with Crippen molar-refractivity contribution in [2.45, 2.75) is 30.1 Å². The van der Waals surface area contributed by atoms with Gasteiger partial charge in [-0.1, -0.05) is 42.5 Å². The smallest absolute Gasteiger partial charge is 0.303 e. The average Bonchev–Trinajstić information content (AvgIpc) is 3.34. The van der Waals surface area contributed by atoms with Gasteiger partial charge in [0.1, 0.15) is 23.0 Å². The molecule has 1 saturated carbocycles. The molecule has 40 heavy (non-hydrogen) atoms. The van der Waals surface area contributed by atoms with Crippen molar-refractivity contribution in [3.8, 4) is 23.0 Å². The fourth-order valence-corrected chi connectivity index (χ4v) is 6.39. The monoisotopic (exact) mass is 547 g/mol. The Balaban J connectivity index is 1.93. The van der Waals surface area contributed by atoms with Gasteiger partial charge >= 0.3 is 5.97 Å². The molecule has 0 aromatic heterocycles. The minimum Gasteiger partial charge on any atom is -0.497 e. The minimum absolute atomic E-state index is 0.271. The molecule has 0 unspecified atom stereocenters. The van der Waals surface area contributed by atoms with Gasteiger partial charge in [0.05, 0.1) is 32.8 Å². The number of nitrogens with zero attached hydrogens (tertiary/aromatic N) is 1. The number of hydrogen-bond donors (Lipinski definition) is 1. The first-order valence-corrected chi connectivity index (χ1v) is 12.9. The van der Waals surface area contributed by atoms with Crippen LogP contribution in [0.15, 0.2) is 66.7 Å². The molecule has 5 atom stereocenters. The Bertz CT molecular complexity index is 1420. The second kappa shape index (κ2) is 10.1. The van der Waals surface area contributed by atoms with Gasteiger partial charge in [-0.15, -0.1) is 0 Å². The van der Waals surface area contributed by atoms with Crippen molar-refractivity contribution in [1.82, 2.24) is 4.90 Å². The van der Waals surface area contributed by atoms with Gasteiger partial charge in [-0.2, -0.15) is 0 Å². The number of carbonyl (C=O) groups excluding carboxylic acids is 2. The topological polar surface area (TPSA) is 104 Å². The van der Waals surface area contributed by atoms with Crippen molar-refractivity contribution in [2.75, 3.05) is 35.4 Å². The van der Waals surface area contributed by atoms with E-state index in [0.29, 0.717) is 22.8 Å². The molecule has 1 N–H and O–H groups in total. The first-order chi connectivity index (χ1) is 19.1. The van der Waals surface area contributed by atoms with Crippen molar-refractivity contribution < 1.29 is 38.4 Å². The van der Waals surface area contributed by atoms with Crippen molar-refractivity contribution in [1.29, 1.82) is 0 Å². The molecule has 9 heteroatoms. The molecular weight excluding hydrogens is 514 g/mol. The number of rotatable bonds is 7. The van der Waals surface area contributed by atoms with Gasteiger partial charge in [0, 0.05) is 39.1 Å². The first-order valence-electron chi connectivity index (χ1n) is 12.9. The van der Waals surface area contributed by atoms with E-state index in [1.165, 1.54) is 26.0 Å². The fourth-order valence-electron chi connectivity index (χ4n) is 6.39. The van der Waals surface area contributed by atoms with Gasteiger partial charge in [0.2, 0.25) is 5.91 Å². The Kier molecular flexibility index (Phi) is 6.87. The van der Waals surface area contributed by atoms with Crippen LogP contribution in [0.3, 0.4) is 0 Å². The Morgan fingerprint density at radius 1 is 0.900 bits per heavy atom. The maximum atomic E-state index is 14.0. The van der Waals surface area contributed by atoms with E-state index in [0.717, 1.165) is 5.56 Å². The lowest BCUT2D eigenvalue weighted by atomic mass is 9.70. The van der Waals surface area contributed by atoms with Crippen LogP contribution >= 0.6 is 0 Å². The van der Waals surface area contributed by atoms with Gasteiger partial charge in [-0.05, 0) is 23.3 Å². The maximum absolute atomic E-state index is 14.0. The predicted octanol–water partition coefficient (Wildman–Crippen LogP) is 3.62. The molecule has 3 aromatic carbocycles. The second-order valence-corrected chi connectivity index (χ2v) is 10.2. The quantitative estimate of drug-likeness (QED) is 0.448. The summed E-state index contributed by atoms with van der Waals surface area (Å²) >= 11 is 0. The summed E-state index contributed by atoms with van der Waals surface area (Å²) in [4.78, 5) is 28.1. The lowest BCUT2D eigenvalue weighted by molar-refractivity contribution is -0.184. The van der Waals surface area contributed by atoms with Gasteiger partial charge < -0.3 is 33.7 Å². The zero-order chi connectivity index (χ0) is 28.8. The largest absolute Gasteiger partial charge is 0.497 e. The number of benzene rings is 3. The highest BCUT2D eigenvalue weighted by atomic mass is 16.6. The molecule has 0 spiro atoms. The van der Waals surface area contributed by atoms with Crippen molar-refractivity contribution in [3.63, 3.8) is 0 Å². The van der Waals surface area contributed by atoms with E-state index < -0.39 is 35.1 Å². The van der Waals surface area contributed by atoms with Gasteiger partial charge in [-0.25, -0.2) is 0 Å². The minimum atomic E-state index is -2.06. The molecule has 5 rings (SSSR count). The predicted molar refractivity (Wildman–Crippen MR) is 146 cm³/mol. The summed E-state index contributed by atoms with van der Waals surface area (Å²) in [5.41, 5.74) is -2.12. The molecule has 1 heterocycles. The number of carbonyl (C=O) groups is 2. The molecule has 1 aliphatic heterocycles. The molecule has 1 amide bonds. The van der Waals surface area contributed by atoms with E-state index in [-0.39, 0.29) is 17.2 Å². The van der Waals surface area contributed by atoms with E-state index in [1.807, 2.05) is 30.3 Å². The van der Waals surface area contributed by atoms with Gasteiger partial charge in [-0.3, -0.25) is 9.59 Å². The molecule has 0 bridgehead atoms. The summed E-state index contributed by atoms with van der Waals surface area (Å²) < 4.78 is 29.5. The van der Waals surface area contributed by atoms with Crippen LogP contribution in [0.2, 0.25) is 0 Å². The Hall–Kier alpha value is -4.24. The van der Waals surface area contributed by atoms with Crippen LogP contribution in [0.5, 0.6) is 23.0 Å². The fraction of sp³-hybridized carbons (Fsp3) is 0.355. The van der Waals surface area contributed by atoms with Gasteiger partial charge in [0.25, 0.3) is 0 Å². The lowest BCUT2D eigenvalue weighted by Crippen LogP contribution is -2.53. The number of hydrogen-bond acceptors (Lipinski definition) is 8. The number of ether oxygens (including phenoxy) is 5. The SMILES string of the molecule is COc1ccc([C@@]23Oc4cc(OC)cc(OC)c4[C@]2(O)[C@@H](OC(C)=O)[C@H](C(=O)N(C)C)[C@H]3c2ccccc2)cc1. The van der Waals surface area contributed by atoms with Crippen molar-refractivity contribution in [2.24, 2.45) is 5.92 Å². The summed E-state index contributed by atoms with van der Waals surface area (Å²) in [7, 11) is 7.82. The van der Waals surface area contributed by atoms with Crippen LogP contribution in [0.1, 0.15) is 29.5 Å². The Labute approximate surface area is 233 Å². The van der Waals surface area contributed by atoms with Crippen LogP contribution in [-0.2, 0) is 25.5 Å². The van der Waals surface area contributed by atoms with Crippen LogP contribution < -0.4 is 18.9 Å². The molecule has 0 saturated heterocycles. The third kappa shape index (κ3) is 3.79. The normalized spacial score (nSPS) is 26.2. The zero-order valence-corrected chi connectivity index (χ0v) is 23.3. The number of fused-ring (bicyclic) bond motifs is 3. The van der Waals surface area contributed by atoms with Gasteiger partial charge in [0.15, 0.2) is 17.3 Å². The molecular formula is C31H33NO8.